The average molecular weight is 418 g/mol. The van der Waals surface area contributed by atoms with Gasteiger partial charge in [0.05, 0.1) is 4.92 Å². The third-order valence-electron chi connectivity index (χ3n) is 4.09. The van der Waals surface area contributed by atoms with Gasteiger partial charge < -0.3 is 10.1 Å². The summed E-state index contributed by atoms with van der Waals surface area (Å²) >= 11 is 6.71. The van der Waals surface area contributed by atoms with E-state index in [1.54, 1.807) is 12.1 Å². The molecule has 1 aliphatic rings. The molecule has 9 heteroatoms. The van der Waals surface area contributed by atoms with E-state index >= 15 is 0 Å². The molecule has 0 atom stereocenters. The van der Waals surface area contributed by atoms with Crippen LogP contribution in [0.3, 0.4) is 0 Å². The van der Waals surface area contributed by atoms with Crippen LogP contribution in [0.25, 0.3) is 16.5 Å². The maximum absolute atomic E-state index is 12.6. The molecule has 0 aliphatic carbocycles. The van der Waals surface area contributed by atoms with Crippen LogP contribution >= 0.6 is 23.6 Å². The van der Waals surface area contributed by atoms with E-state index in [-0.39, 0.29) is 11.6 Å². The van der Waals surface area contributed by atoms with Crippen molar-refractivity contribution in [1.82, 2.24) is 10.2 Å². The smallest absolute Gasteiger partial charge is 0.276 e. The molecule has 0 bridgehead atoms. The van der Waals surface area contributed by atoms with E-state index in [2.05, 4.69) is 5.32 Å². The summed E-state index contributed by atoms with van der Waals surface area (Å²) in [6.07, 6.45) is 2.47. The van der Waals surface area contributed by atoms with E-state index in [1.807, 2.05) is 25.1 Å². The normalized spacial score (nSPS) is 15.3. The van der Waals surface area contributed by atoms with Crippen LogP contribution < -0.4 is 5.32 Å². The SMILES string of the molecule is CCOCCCN1C(=O)/C(=C\c2ccc(-c3cccc([N+](=O)[O-])c3)s2)NC1=S. The number of carbonyl (C=O) groups excluding carboxylic acids is 1. The second-order valence-electron chi connectivity index (χ2n) is 6.00. The number of nitrogens with one attached hydrogen (secondary N) is 1. The zero-order chi connectivity index (χ0) is 20.1. The summed E-state index contributed by atoms with van der Waals surface area (Å²) < 4.78 is 5.30. The predicted octanol–water partition coefficient (Wildman–Crippen LogP) is 3.81. The van der Waals surface area contributed by atoms with Gasteiger partial charge >= 0.3 is 0 Å². The van der Waals surface area contributed by atoms with E-state index < -0.39 is 4.92 Å². The summed E-state index contributed by atoms with van der Waals surface area (Å²) in [4.78, 5) is 26.4. The van der Waals surface area contributed by atoms with E-state index in [0.717, 1.165) is 15.3 Å². The molecule has 0 unspecified atom stereocenters. The summed E-state index contributed by atoms with van der Waals surface area (Å²) in [5, 5.41) is 14.3. The summed E-state index contributed by atoms with van der Waals surface area (Å²) in [6, 6.07) is 10.2. The fourth-order valence-electron chi connectivity index (χ4n) is 2.74. The molecule has 2 aromatic rings. The Morgan fingerprint density at radius 1 is 1.36 bits per heavy atom. The van der Waals surface area contributed by atoms with Gasteiger partial charge in [-0.1, -0.05) is 12.1 Å². The highest BCUT2D eigenvalue weighted by atomic mass is 32.1. The fraction of sp³-hybridized carbons (Fsp3) is 0.263. The van der Waals surface area contributed by atoms with Crippen molar-refractivity contribution in [2.75, 3.05) is 19.8 Å². The van der Waals surface area contributed by atoms with Crippen LogP contribution in [0, 0.1) is 10.1 Å². The van der Waals surface area contributed by atoms with Gasteiger partial charge in [-0.05, 0) is 49.3 Å². The number of thiophene rings is 1. The van der Waals surface area contributed by atoms with Crippen LogP contribution in [0.15, 0.2) is 42.1 Å². The van der Waals surface area contributed by atoms with Gasteiger partial charge in [0.25, 0.3) is 11.6 Å². The summed E-state index contributed by atoms with van der Waals surface area (Å²) in [5.41, 5.74) is 1.24. The fourth-order valence-corrected chi connectivity index (χ4v) is 3.98. The topological polar surface area (TPSA) is 84.7 Å². The lowest BCUT2D eigenvalue weighted by molar-refractivity contribution is -0.384. The van der Waals surface area contributed by atoms with Crippen LogP contribution in [0.5, 0.6) is 0 Å². The lowest BCUT2D eigenvalue weighted by atomic mass is 10.1. The number of amides is 1. The molecular weight excluding hydrogens is 398 g/mol. The van der Waals surface area contributed by atoms with Crippen molar-refractivity contribution in [3.05, 3.63) is 57.1 Å². The third kappa shape index (κ3) is 4.61. The molecule has 1 aromatic heterocycles. The largest absolute Gasteiger partial charge is 0.382 e. The number of nitrogens with zero attached hydrogens (tertiary/aromatic N) is 2. The summed E-state index contributed by atoms with van der Waals surface area (Å²) in [6.45, 7) is 3.66. The van der Waals surface area contributed by atoms with E-state index in [9.17, 15) is 14.9 Å². The van der Waals surface area contributed by atoms with Crippen molar-refractivity contribution < 1.29 is 14.5 Å². The summed E-state index contributed by atoms with van der Waals surface area (Å²) in [7, 11) is 0. The Hall–Kier alpha value is -2.62. The van der Waals surface area contributed by atoms with Crippen LogP contribution in [0.2, 0.25) is 0 Å². The number of nitro groups is 1. The van der Waals surface area contributed by atoms with Crippen LogP contribution in [0.1, 0.15) is 18.2 Å². The van der Waals surface area contributed by atoms with Gasteiger partial charge in [-0.25, -0.2) is 0 Å². The van der Waals surface area contributed by atoms with Gasteiger partial charge in [0.2, 0.25) is 0 Å². The first kappa shape index (κ1) is 20.1. The Kier molecular flexibility index (Phi) is 6.50. The zero-order valence-electron chi connectivity index (χ0n) is 15.2. The molecule has 1 aromatic carbocycles. The van der Waals surface area contributed by atoms with Gasteiger partial charge in [0.15, 0.2) is 5.11 Å². The standard InChI is InChI=1S/C19H19N3O4S2/c1-2-26-10-4-9-21-18(23)16(20-19(21)27)12-15-7-8-17(28-15)13-5-3-6-14(11-13)22(24)25/h3,5-8,11-12H,2,4,9-10H2,1H3,(H,20,27)/b16-12+. The quantitative estimate of drug-likeness (QED) is 0.231. The number of hydrogen-bond acceptors (Lipinski definition) is 6. The third-order valence-corrected chi connectivity index (χ3v) is 5.50. The molecular formula is C19H19N3O4S2. The van der Waals surface area contributed by atoms with E-state index in [0.29, 0.717) is 37.0 Å². The highest BCUT2D eigenvalue weighted by molar-refractivity contribution is 7.80. The van der Waals surface area contributed by atoms with Gasteiger partial charge in [0.1, 0.15) is 5.70 Å². The predicted molar refractivity (Wildman–Crippen MR) is 113 cm³/mol. The molecule has 1 saturated heterocycles. The minimum absolute atomic E-state index is 0.0477. The number of hydrogen-bond donors (Lipinski definition) is 1. The molecule has 2 heterocycles. The maximum atomic E-state index is 12.6. The van der Waals surface area contributed by atoms with Gasteiger partial charge in [-0.15, -0.1) is 11.3 Å². The van der Waals surface area contributed by atoms with Crippen molar-refractivity contribution in [3.63, 3.8) is 0 Å². The molecule has 28 heavy (non-hydrogen) atoms. The highest BCUT2D eigenvalue weighted by Crippen LogP contribution is 2.31. The van der Waals surface area contributed by atoms with Crippen molar-refractivity contribution in [1.29, 1.82) is 0 Å². The highest BCUT2D eigenvalue weighted by Gasteiger charge is 2.30. The van der Waals surface area contributed by atoms with Crippen LogP contribution in [-0.2, 0) is 9.53 Å². The molecule has 1 fully saturated rings. The minimum Gasteiger partial charge on any atom is -0.382 e. The monoisotopic (exact) mass is 417 g/mol. The van der Waals surface area contributed by atoms with Crippen molar-refractivity contribution >= 4 is 46.3 Å². The van der Waals surface area contributed by atoms with Crippen molar-refractivity contribution in [3.8, 4) is 10.4 Å². The van der Waals surface area contributed by atoms with Crippen LogP contribution in [0.4, 0.5) is 5.69 Å². The van der Waals surface area contributed by atoms with Gasteiger partial charge in [0, 0.05) is 41.6 Å². The number of benzene rings is 1. The first-order valence-electron chi connectivity index (χ1n) is 8.76. The molecule has 1 N–H and O–H groups in total. The summed E-state index contributed by atoms with van der Waals surface area (Å²) in [5.74, 6) is -0.160. The number of non-ortho nitro benzene ring substituents is 1. The molecule has 3 rings (SSSR count). The van der Waals surface area contributed by atoms with Crippen molar-refractivity contribution in [2.45, 2.75) is 13.3 Å². The second-order valence-corrected chi connectivity index (χ2v) is 7.51. The lowest BCUT2D eigenvalue weighted by Crippen LogP contribution is -2.32. The number of ether oxygens (including phenoxy) is 1. The number of rotatable bonds is 8. The average Bonchev–Trinajstić information content (AvgIpc) is 3.25. The lowest BCUT2D eigenvalue weighted by Gasteiger charge is -2.13. The number of thiocarbonyl (C=S) groups is 1. The first-order valence-corrected chi connectivity index (χ1v) is 9.99. The van der Waals surface area contributed by atoms with Gasteiger partial charge in [-0.3, -0.25) is 19.8 Å². The Labute approximate surface area is 171 Å². The Balaban J connectivity index is 1.73. The molecule has 1 aliphatic heterocycles. The molecule has 146 valence electrons. The molecule has 0 saturated carbocycles. The van der Waals surface area contributed by atoms with Gasteiger partial charge in [-0.2, -0.15) is 0 Å². The Bertz CT molecular complexity index is 939. The second kappa shape index (κ2) is 9.05. The minimum atomic E-state index is -0.414. The van der Waals surface area contributed by atoms with Crippen molar-refractivity contribution in [2.24, 2.45) is 0 Å². The van der Waals surface area contributed by atoms with E-state index in [4.69, 9.17) is 17.0 Å². The Morgan fingerprint density at radius 3 is 2.93 bits per heavy atom. The number of carbonyl (C=O) groups is 1. The molecule has 0 spiro atoms. The van der Waals surface area contributed by atoms with E-state index in [1.165, 1.54) is 28.4 Å². The first-order chi connectivity index (χ1) is 13.5. The molecule has 1 amide bonds. The zero-order valence-corrected chi connectivity index (χ0v) is 16.8. The number of nitro benzene ring substituents is 1. The van der Waals surface area contributed by atoms with Crippen LogP contribution in [-0.4, -0.2) is 40.6 Å². The maximum Gasteiger partial charge on any atom is 0.276 e. The molecule has 7 nitrogen and oxygen atoms in total. The molecule has 0 radical (unpaired) electrons. The Morgan fingerprint density at radius 2 is 2.18 bits per heavy atom.